The fourth-order valence-corrected chi connectivity index (χ4v) is 3.20. The Morgan fingerprint density at radius 1 is 1.07 bits per heavy atom. The number of aryl methyl sites for hydroxylation is 1. The van der Waals surface area contributed by atoms with Crippen LogP contribution in [0.15, 0.2) is 53.7 Å². The quantitative estimate of drug-likeness (QED) is 0.239. The molecule has 0 atom stereocenters. The number of rotatable bonds is 8. The fourth-order valence-electron chi connectivity index (χ4n) is 3.20. The van der Waals surface area contributed by atoms with Gasteiger partial charge in [-0.3, -0.25) is 4.99 Å². The van der Waals surface area contributed by atoms with Crippen LogP contribution in [0.5, 0.6) is 0 Å². The van der Waals surface area contributed by atoms with Crippen molar-refractivity contribution in [2.24, 2.45) is 4.99 Å². The third-order valence-corrected chi connectivity index (χ3v) is 4.79. The highest BCUT2D eigenvalue weighted by Gasteiger charge is 2.05. The Morgan fingerprint density at radius 3 is 2.55 bits per heavy atom. The Hall–Kier alpha value is -2.06. The molecule has 0 unspecified atom stereocenters. The van der Waals surface area contributed by atoms with Gasteiger partial charge in [-0.2, -0.15) is 0 Å². The van der Waals surface area contributed by atoms with E-state index in [0.29, 0.717) is 6.61 Å². The first-order valence-corrected chi connectivity index (χ1v) is 9.86. The minimum atomic E-state index is 0. The molecule has 0 amide bonds. The molecular formula is C23H31IN4O. The summed E-state index contributed by atoms with van der Waals surface area (Å²) in [5.41, 5.74) is 6.21. The molecule has 156 valence electrons. The Labute approximate surface area is 190 Å². The summed E-state index contributed by atoms with van der Waals surface area (Å²) in [4.78, 5) is 7.68. The molecule has 0 aliphatic rings. The molecule has 1 heterocycles. The summed E-state index contributed by atoms with van der Waals surface area (Å²) in [5.74, 6) is 0.814. The molecule has 1 aromatic heterocycles. The van der Waals surface area contributed by atoms with Gasteiger partial charge in [0.1, 0.15) is 0 Å². The molecule has 0 saturated heterocycles. The van der Waals surface area contributed by atoms with Gasteiger partial charge in [-0.05, 0) is 48.6 Å². The van der Waals surface area contributed by atoms with Gasteiger partial charge < -0.3 is 20.4 Å². The summed E-state index contributed by atoms with van der Waals surface area (Å²) < 4.78 is 5.44. The van der Waals surface area contributed by atoms with Crippen LogP contribution in [0.4, 0.5) is 0 Å². The van der Waals surface area contributed by atoms with E-state index in [4.69, 9.17) is 4.74 Å². The number of ether oxygens (including phenoxy) is 1. The summed E-state index contributed by atoms with van der Waals surface area (Å²) in [5, 5.41) is 8.07. The van der Waals surface area contributed by atoms with Crippen LogP contribution in [0.3, 0.4) is 0 Å². The fraction of sp³-hybridized carbons (Fsp3) is 0.348. The number of hydrogen-bond donors (Lipinski definition) is 3. The van der Waals surface area contributed by atoms with Crippen LogP contribution in [0.1, 0.15) is 29.2 Å². The number of nitrogens with zero attached hydrogens (tertiary/aromatic N) is 1. The summed E-state index contributed by atoms with van der Waals surface area (Å²) in [6.45, 7) is 7.10. The highest BCUT2D eigenvalue weighted by atomic mass is 127. The number of H-pyrrole nitrogens is 1. The Bertz CT molecular complexity index is 918. The van der Waals surface area contributed by atoms with Crippen LogP contribution in [-0.4, -0.2) is 31.1 Å². The van der Waals surface area contributed by atoms with Gasteiger partial charge in [0, 0.05) is 43.8 Å². The van der Waals surface area contributed by atoms with E-state index in [9.17, 15) is 0 Å². The predicted molar refractivity (Wildman–Crippen MR) is 132 cm³/mol. The summed E-state index contributed by atoms with van der Waals surface area (Å²) in [6.07, 6.45) is 3.04. The lowest BCUT2D eigenvalue weighted by atomic mass is 10.1. The highest BCUT2D eigenvalue weighted by molar-refractivity contribution is 14.0. The van der Waals surface area contributed by atoms with Crippen molar-refractivity contribution < 1.29 is 4.74 Å². The van der Waals surface area contributed by atoms with E-state index in [1.807, 2.05) is 6.92 Å². The molecular weight excluding hydrogens is 475 g/mol. The first-order chi connectivity index (χ1) is 13.7. The van der Waals surface area contributed by atoms with Crippen LogP contribution >= 0.6 is 24.0 Å². The van der Waals surface area contributed by atoms with Crippen molar-refractivity contribution in [1.82, 2.24) is 15.6 Å². The smallest absolute Gasteiger partial charge is 0.191 e. The first-order valence-electron chi connectivity index (χ1n) is 9.86. The van der Waals surface area contributed by atoms with E-state index in [2.05, 4.69) is 76.2 Å². The van der Waals surface area contributed by atoms with Gasteiger partial charge in [-0.15, -0.1) is 24.0 Å². The molecule has 5 nitrogen and oxygen atoms in total. The van der Waals surface area contributed by atoms with Gasteiger partial charge in [0.25, 0.3) is 0 Å². The van der Waals surface area contributed by atoms with E-state index in [-0.39, 0.29) is 24.0 Å². The van der Waals surface area contributed by atoms with Crippen molar-refractivity contribution in [3.05, 3.63) is 70.9 Å². The zero-order valence-corrected chi connectivity index (χ0v) is 19.7. The second-order valence-corrected chi connectivity index (χ2v) is 6.92. The van der Waals surface area contributed by atoms with Crippen molar-refractivity contribution in [3.8, 4) is 0 Å². The average Bonchev–Trinajstić information content (AvgIpc) is 3.11. The van der Waals surface area contributed by atoms with Crippen LogP contribution in [0, 0.1) is 6.92 Å². The van der Waals surface area contributed by atoms with Crippen LogP contribution in [0.2, 0.25) is 0 Å². The molecule has 0 fully saturated rings. The lowest BCUT2D eigenvalue weighted by Crippen LogP contribution is -2.37. The Balaban J connectivity index is 0.00000300. The first kappa shape index (κ1) is 23.2. The van der Waals surface area contributed by atoms with Crippen molar-refractivity contribution >= 4 is 40.8 Å². The predicted octanol–water partition coefficient (Wildman–Crippen LogP) is 4.54. The second-order valence-electron chi connectivity index (χ2n) is 6.92. The third kappa shape index (κ3) is 6.75. The van der Waals surface area contributed by atoms with Crippen molar-refractivity contribution in [1.29, 1.82) is 0 Å². The molecule has 0 saturated carbocycles. The maximum atomic E-state index is 5.44. The Morgan fingerprint density at radius 2 is 1.83 bits per heavy atom. The summed E-state index contributed by atoms with van der Waals surface area (Å²) in [7, 11) is 1.80. The molecule has 3 aromatic rings. The number of aromatic amines is 1. The largest absolute Gasteiger partial charge is 0.377 e. The SMILES string of the molecule is CCOCc1ccc(CNC(=NC)NCCc2c[nH]c3cc(C)ccc23)cc1.I. The molecule has 0 radical (unpaired) electrons. The topological polar surface area (TPSA) is 61.4 Å². The van der Waals surface area contributed by atoms with Gasteiger partial charge in [0.2, 0.25) is 0 Å². The molecule has 3 N–H and O–H groups in total. The van der Waals surface area contributed by atoms with Gasteiger partial charge in [-0.25, -0.2) is 0 Å². The number of halogens is 1. The van der Waals surface area contributed by atoms with Crippen LogP contribution in [0.25, 0.3) is 10.9 Å². The lowest BCUT2D eigenvalue weighted by Gasteiger charge is -2.12. The standard InChI is InChI=1S/C23H30N4O.HI/c1-4-28-16-19-8-6-18(7-9-19)14-27-23(24-3)25-12-11-20-15-26-22-13-17(2)5-10-21(20)22;/h5-10,13,15,26H,4,11-12,14,16H2,1-3H3,(H2,24,25,27);1H. The van der Waals surface area contributed by atoms with Crippen LogP contribution in [-0.2, 0) is 24.3 Å². The molecule has 3 rings (SSSR count). The van der Waals surface area contributed by atoms with E-state index < -0.39 is 0 Å². The van der Waals surface area contributed by atoms with E-state index in [0.717, 1.165) is 32.1 Å². The van der Waals surface area contributed by atoms with E-state index >= 15 is 0 Å². The maximum Gasteiger partial charge on any atom is 0.191 e. The molecule has 2 aromatic carbocycles. The zero-order valence-electron chi connectivity index (χ0n) is 17.4. The lowest BCUT2D eigenvalue weighted by molar-refractivity contribution is 0.134. The monoisotopic (exact) mass is 506 g/mol. The summed E-state index contributed by atoms with van der Waals surface area (Å²) >= 11 is 0. The molecule has 0 bridgehead atoms. The van der Waals surface area contributed by atoms with Crippen molar-refractivity contribution in [3.63, 3.8) is 0 Å². The maximum absolute atomic E-state index is 5.44. The highest BCUT2D eigenvalue weighted by Crippen LogP contribution is 2.19. The number of guanidine groups is 1. The van der Waals surface area contributed by atoms with Gasteiger partial charge in [-0.1, -0.05) is 36.4 Å². The number of fused-ring (bicyclic) bond motifs is 1. The molecule has 0 spiro atoms. The van der Waals surface area contributed by atoms with Crippen molar-refractivity contribution in [2.75, 3.05) is 20.2 Å². The normalized spacial score (nSPS) is 11.3. The van der Waals surface area contributed by atoms with Crippen LogP contribution < -0.4 is 10.6 Å². The molecule has 29 heavy (non-hydrogen) atoms. The third-order valence-electron chi connectivity index (χ3n) is 4.79. The van der Waals surface area contributed by atoms with Gasteiger partial charge in [0.05, 0.1) is 6.61 Å². The molecule has 0 aliphatic heterocycles. The van der Waals surface area contributed by atoms with E-state index in [1.54, 1.807) is 7.05 Å². The van der Waals surface area contributed by atoms with Gasteiger partial charge >= 0.3 is 0 Å². The second kappa shape index (κ2) is 11.8. The summed E-state index contributed by atoms with van der Waals surface area (Å²) in [6, 6.07) is 15.0. The Kier molecular flexibility index (Phi) is 9.47. The average molecular weight is 506 g/mol. The number of aliphatic imine (C=N–C) groups is 1. The minimum Gasteiger partial charge on any atom is -0.377 e. The zero-order chi connectivity index (χ0) is 19.8. The molecule has 6 heteroatoms. The number of benzene rings is 2. The van der Waals surface area contributed by atoms with Crippen molar-refractivity contribution in [2.45, 2.75) is 33.4 Å². The van der Waals surface area contributed by atoms with E-state index in [1.165, 1.54) is 33.2 Å². The number of nitrogens with one attached hydrogen (secondary N) is 3. The number of hydrogen-bond acceptors (Lipinski definition) is 2. The minimum absolute atomic E-state index is 0. The molecule has 0 aliphatic carbocycles. The van der Waals surface area contributed by atoms with Gasteiger partial charge in [0.15, 0.2) is 5.96 Å². The number of aromatic nitrogens is 1.